The van der Waals surface area contributed by atoms with E-state index in [-0.39, 0.29) is 6.04 Å². The molecule has 2 rings (SSSR count). The number of amides is 1. The third kappa shape index (κ3) is 2.97. The average molecular weight is 253 g/mol. The van der Waals surface area contributed by atoms with Crippen molar-refractivity contribution in [3.05, 3.63) is 28.5 Å². The summed E-state index contributed by atoms with van der Waals surface area (Å²) < 4.78 is 0. The van der Waals surface area contributed by atoms with Crippen molar-refractivity contribution in [2.75, 3.05) is 0 Å². The first-order valence-corrected chi connectivity index (χ1v) is 6.42. The summed E-state index contributed by atoms with van der Waals surface area (Å²) >= 11 is 6.04. The predicted octanol–water partition coefficient (Wildman–Crippen LogP) is 3.02. The molecule has 1 aromatic heterocycles. The number of aromatic nitrogens is 1. The Bertz CT molecular complexity index is 382. The molecule has 1 heterocycles. The standard InChI is InChI=1S/C13H17ClN2O/c1-9-6-11(14)7-12(16-9)13(15-8-17)10-4-2-3-5-10/h6-8,10,13H,2-5H2,1H3,(H,15,17). The van der Waals surface area contributed by atoms with Gasteiger partial charge in [0.05, 0.1) is 11.7 Å². The Morgan fingerprint density at radius 1 is 1.47 bits per heavy atom. The second kappa shape index (κ2) is 5.50. The lowest BCUT2D eigenvalue weighted by Crippen LogP contribution is -2.27. The molecular formula is C13H17ClN2O. The van der Waals surface area contributed by atoms with E-state index in [1.54, 1.807) is 0 Å². The van der Waals surface area contributed by atoms with Gasteiger partial charge in [-0.25, -0.2) is 0 Å². The molecule has 1 atom stereocenters. The second-order valence-corrected chi connectivity index (χ2v) is 5.09. The molecule has 3 nitrogen and oxygen atoms in total. The zero-order valence-electron chi connectivity index (χ0n) is 9.95. The number of rotatable bonds is 4. The van der Waals surface area contributed by atoms with Gasteiger partial charge in [0.15, 0.2) is 0 Å². The molecule has 0 aromatic carbocycles. The van der Waals surface area contributed by atoms with Crippen LogP contribution in [0.3, 0.4) is 0 Å². The highest BCUT2D eigenvalue weighted by molar-refractivity contribution is 6.30. The SMILES string of the molecule is Cc1cc(Cl)cc(C(NC=O)C2CCCC2)n1. The molecule has 1 aliphatic rings. The normalized spacial score (nSPS) is 18.0. The highest BCUT2D eigenvalue weighted by Gasteiger charge is 2.27. The Morgan fingerprint density at radius 2 is 2.18 bits per heavy atom. The van der Waals surface area contributed by atoms with Gasteiger partial charge >= 0.3 is 0 Å². The van der Waals surface area contributed by atoms with E-state index >= 15 is 0 Å². The van der Waals surface area contributed by atoms with Crippen LogP contribution in [0.15, 0.2) is 12.1 Å². The van der Waals surface area contributed by atoms with Crippen molar-refractivity contribution in [1.29, 1.82) is 0 Å². The number of carbonyl (C=O) groups excluding carboxylic acids is 1. The van der Waals surface area contributed by atoms with Gasteiger partial charge in [0.2, 0.25) is 6.41 Å². The van der Waals surface area contributed by atoms with Gasteiger partial charge in [-0.05, 0) is 37.8 Å². The topological polar surface area (TPSA) is 42.0 Å². The average Bonchev–Trinajstić information content (AvgIpc) is 2.77. The molecule has 0 radical (unpaired) electrons. The van der Waals surface area contributed by atoms with Crippen molar-refractivity contribution >= 4 is 18.0 Å². The molecule has 4 heteroatoms. The van der Waals surface area contributed by atoms with Crippen LogP contribution < -0.4 is 5.32 Å². The van der Waals surface area contributed by atoms with E-state index < -0.39 is 0 Å². The minimum Gasteiger partial charge on any atom is -0.350 e. The maximum Gasteiger partial charge on any atom is 0.207 e. The molecule has 1 saturated carbocycles. The van der Waals surface area contributed by atoms with E-state index in [1.165, 1.54) is 12.8 Å². The largest absolute Gasteiger partial charge is 0.350 e. The number of hydrogen-bond donors (Lipinski definition) is 1. The number of nitrogens with zero attached hydrogens (tertiary/aromatic N) is 1. The van der Waals surface area contributed by atoms with E-state index in [9.17, 15) is 4.79 Å². The third-order valence-corrected chi connectivity index (χ3v) is 3.59. The molecule has 92 valence electrons. The molecule has 1 amide bonds. The number of pyridine rings is 1. The lowest BCUT2D eigenvalue weighted by molar-refractivity contribution is -0.110. The number of aryl methyl sites for hydroxylation is 1. The van der Waals surface area contributed by atoms with E-state index in [2.05, 4.69) is 10.3 Å². The zero-order chi connectivity index (χ0) is 12.3. The van der Waals surface area contributed by atoms with Crippen molar-refractivity contribution in [3.8, 4) is 0 Å². The summed E-state index contributed by atoms with van der Waals surface area (Å²) in [7, 11) is 0. The van der Waals surface area contributed by atoms with Crippen LogP contribution in [0, 0.1) is 12.8 Å². The Labute approximate surface area is 107 Å². The molecule has 0 bridgehead atoms. The van der Waals surface area contributed by atoms with Gasteiger partial charge in [-0.2, -0.15) is 0 Å². The summed E-state index contributed by atoms with van der Waals surface area (Å²) in [5.41, 5.74) is 1.78. The fourth-order valence-electron chi connectivity index (χ4n) is 2.64. The van der Waals surface area contributed by atoms with Crippen molar-refractivity contribution < 1.29 is 4.79 Å². The summed E-state index contributed by atoms with van der Waals surface area (Å²) in [6.45, 7) is 1.92. The van der Waals surface area contributed by atoms with E-state index in [0.29, 0.717) is 10.9 Å². The van der Waals surface area contributed by atoms with Crippen LogP contribution >= 0.6 is 11.6 Å². The van der Waals surface area contributed by atoms with Gasteiger partial charge in [0, 0.05) is 10.7 Å². The number of halogens is 1. The smallest absolute Gasteiger partial charge is 0.207 e. The van der Waals surface area contributed by atoms with Gasteiger partial charge in [0.1, 0.15) is 0 Å². The fraction of sp³-hybridized carbons (Fsp3) is 0.538. The van der Waals surface area contributed by atoms with Crippen molar-refractivity contribution in [1.82, 2.24) is 10.3 Å². The second-order valence-electron chi connectivity index (χ2n) is 4.66. The van der Waals surface area contributed by atoms with Gasteiger partial charge in [0.25, 0.3) is 0 Å². The number of hydrogen-bond acceptors (Lipinski definition) is 2. The Kier molecular flexibility index (Phi) is 4.00. The molecule has 0 spiro atoms. The summed E-state index contributed by atoms with van der Waals surface area (Å²) in [5.74, 6) is 0.491. The molecule has 0 aliphatic heterocycles. The third-order valence-electron chi connectivity index (χ3n) is 3.38. The molecular weight excluding hydrogens is 236 g/mol. The quantitative estimate of drug-likeness (QED) is 0.837. The number of carbonyl (C=O) groups is 1. The van der Waals surface area contributed by atoms with Crippen molar-refractivity contribution in [3.63, 3.8) is 0 Å². The minimum absolute atomic E-state index is 0.00685. The van der Waals surface area contributed by atoms with Crippen molar-refractivity contribution in [2.45, 2.75) is 38.6 Å². The lowest BCUT2D eigenvalue weighted by Gasteiger charge is -2.22. The first-order chi connectivity index (χ1) is 8.20. The molecule has 1 aliphatic carbocycles. The monoisotopic (exact) mass is 252 g/mol. The highest BCUT2D eigenvalue weighted by atomic mass is 35.5. The number of nitrogens with one attached hydrogen (secondary N) is 1. The molecule has 1 N–H and O–H groups in total. The van der Waals surface area contributed by atoms with Gasteiger partial charge in [-0.1, -0.05) is 24.4 Å². The first-order valence-electron chi connectivity index (χ1n) is 6.04. The minimum atomic E-state index is 0.00685. The maximum atomic E-state index is 10.7. The summed E-state index contributed by atoms with van der Waals surface area (Å²) in [4.78, 5) is 15.2. The predicted molar refractivity (Wildman–Crippen MR) is 67.9 cm³/mol. The van der Waals surface area contributed by atoms with Gasteiger partial charge in [-0.3, -0.25) is 9.78 Å². The van der Waals surface area contributed by atoms with Crippen molar-refractivity contribution in [2.24, 2.45) is 5.92 Å². The lowest BCUT2D eigenvalue weighted by atomic mass is 9.95. The van der Waals surface area contributed by atoms with Crippen LogP contribution in [0.4, 0.5) is 0 Å². The Morgan fingerprint density at radius 3 is 2.76 bits per heavy atom. The Hall–Kier alpha value is -1.09. The van der Waals surface area contributed by atoms with Crippen LogP contribution in [-0.4, -0.2) is 11.4 Å². The highest BCUT2D eigenvalue weighted by Crippen LogP contribution is 2.35. The first kappa shape index (κ1) is 12.4. The van der Waals surface area contributed by atoms with Crippen LogP contribution in [0.25, 0.3) is 0 Å². The van der Waals surface area contributed by atoms with Crippen LogP contribution in [0.2, 0.25) is 5.02 Å². The van der Waals surface area contributed by atoms with Crippen LogP contribution in [0.5, 0.6) is 0 Å². The summed E-state index contributed by atoms with van der Waals surface area (Å²) in [6.07, 6.45) is 5.54. The molecule has 17 heavy (non-hydrogen) atoms. The Balaban J connectivity index is 2.27. The summed E-state index contributed by atoms with van der Waals surface area (Å²) in [6, 6.07) is 3.69. The fourth-order valence-corrected chi connectivity index (χ4v) is 2.91. The van der Waals surface area contributed by atoms with E-state index in [1.807, 2.05) is 19.1 Å². The maximum absolute atomic E-state index is 10.7. The molecule has 1 unspecified atom stereocenters. The van der Waals surface area contributed by atoms with Crippen LogP contribution in [-0.2, 0) is 4.79 Å². The van der Waals surface area contributed by atoms with Gasteiger partial charge in [-0.15, -0.1) is 0 Å². The molecule has 0 saturated heterocycles. The molecule has 1 aromatic rings. The zero-order valence-corrected chi connectivity index (χ0v) is 10.7. The van der Waals surface area contributed by atoms with Crippen LogP contribution in [0.1, 0.15) is 43.1 Å². The van der Waals surface area contributed by atoms with E-state index in [4.69, 9.17) is 11.6 Å². The van der Waals surface area contributed by atoms with Gasteiger partial charge < -0.3 is 5.32 Å². The molecule has 1 fully saturated rings. The van der Waals surface area contributed by atoms with E-state index in [0.717, 1.165) is 30.6 Å². The summed E-state index contributed by atoms with van der Waals surface area (Å²) in [5, 5.41) is 3.58.